The summed E-state index contributed by atoms with van der Waals surface area (Å²) in [7, 11) is 0. The second-order valence-electron chi connectivity index (χ2n) is 3.91. The van der Waals surface area contributed by atoms with Crippen molar-refractivity contribution in [1.82, 2.24) is 0 Å². The molecule has 1 aliphatic rings. The van der Waals surface area contributed by atoms with Crippen LogP contribution in [0.25, 0.3) is 0 Å². The number of unbranched alkanes of at least 4 members (excludes halogenated alkanes) is 1. The van der Waals surface area contributed by atoms with E-state index in [0.29, 0.717) is 0 Å². The van der Waals surface area contributed by atoms with E-state index < -0.39 is 0 Å². The molecule has 0 aromatic heterocycles. The maximum Gasteiger partial charge on any atom is 0.0679 e. The monoisotopic (exact) mass is 194 g/mol. The predicted octanol–water partition coefficient (Wildman–Crippen LogP) is 3.86. The quantitative estimate of drug-likeness (QED) is 0.583. The van der Waals surface area contributed by atoms with Gasteiger partial charge in [-0.25, -0.2) is 0 Å². The summed E-state index contributed by atoms with van der Waals surface area (Å²) in [6.07, 6.45) is 10.5. The van der Waals surface area contributed by atoms with Gasteiger partial charge in [0.1, 0.15) is 0 Å². The fourth-order valence-corrected chi connectivity index (χ4v) is 1.59. The third-order valence-electron chi connectivity index (χ3n) is 2.71. The average Bonchev–Trinajstić information content (AvgIpc) is 2.25. The fraction of sp³-hybridized carbons (Fsp3) is 0.692. The molecule has 0 bridgehead atoms. The maximum atomic E-state index is 5.58. The van der Waals surface area contributed by atoms with Gasteiger partial charge >= 0.3 is 0 Å². The lowest BCUT2D eigenvalue weighted by Gasteiger charge is -2.13. The molecule has 1 aliphatic carbocycles. The van der Waals surface area contributed by atoms with Gasteiger partial charge in [0.05, 0.1) is 6.61 Å². The largest absolute Gasteiger partial charge is 0.377 e. The van der Waals surface area contributed by atoms with Crippen LogP contribution in [0.15, 0.2) is 23.3 Å². The number of hydrogen-bond donors (Lipinski definition) is 0. The molecule has 0 aliphatic heterocycles. The average molecular weight is 194 g/mol. The second-order valence-corrected chi connectivity index (χ2v) is 3.91. The highest BCUT2D eigenvalue weighted by molar-refractivity contribution is 5.23. The van der Waals surface area contributed by atoms with Crippen molar-refractivity contribution in [2.45, 2.75) is 46.0 Å². The SMILES string of the molecule is CCCCOCC1=CC=C(CC)CC1. The minimum absolute atomic E-state index is 0.841. The predicted molar refractivity (Wildman–Crippen MR) is 61.4 cm³/mol. The molecule has 14 heavy (non-hydrogen) atoms. The summed E-state index contributed by atoms with van der Waals surface area (Å²) in [5.41, 5.74) is 3.03. The molecule has 1 nitrogen and oxygen atoms in total. The first-order valence-corrected chi connectivity index (χ1v) is 5.82. The molecule has 0 radical (unpaired) electrons. The molecule has 0 amide bonds. The Morgan fingerprint density at radius 1 is 1.14 bits per heavy atom. The Balaban J connectivity index is 2.19. The maximum absolute atomic E-state index is 5.58. The van der Waals surface area contributed by atoms with Gasteiger partial charge in [0.25, 0.3) is 0 Å². The van der Waals surface area contributed by atoms with Gasteiger partial charge in [0.2, 0.25) is 0 Å². The molecule has 80 valence electrons. The first-order valence-electron chi connectivity index (χ1n) is 5.82. The molecule has 0 aromatic rings. The van der Waals surface area contributed by atoms with Gasteiger partial charge in [0.15, 0.2) is 0 Å². The van der Waals surface area contributed by atoms with Crippen LogP contribution in [0, 0.1) is 0 Å². The standard InChI is InChI=1S/C13H22O/c1-3-5-10-14-11-13-8-6-12(4-2)7-9-13/h6,8H,3-5,7,9-11H2,1-2H3. The van der Waals surface area contributed by atoms with Gasteiger partial charge in [-0.3, -0.25) is 0 Å². The zero-order valence-corrected chi connectivity index (χ0v) is 9.51. The topological polar surface area (TPSA) is 9.23 Å². The van der Waals surface area contributed by atoms with Crippen molar-refractivity contribution in [3.05, 3.63) is 23.3 Å². The van der Waals surface area contributed by atoms with Crippen molar-refractivity contribution in [2.75, 3.05) is 13.2 Å². The van der Waals surface area contributed by atoms with Gasteiger partial charge < -0.3 is 4.74 Å². The summed E-state index contributed by atoms with van der Waals surface area (Å²) >= 11 is 0. The minimum Gasteiger partial charge on any atom is -0.377 e. The van der Waals surface area contributed by atoms with E-state index in [0.717, 1.165) is 13.2 Å². The minimum atomic E-state index is 0.841. The second kappa shape index (κ2) is 6.83. The summed E-state index contributed by atoms with van der Waals surface area (Å²) in [6.45, 7) is 6.17. The molecular formula is C13H22O. The van der Waals surface area contributed by atoms with E-state index in [2.05, 4.69) is 26.0 Å². The first-order chi connectivity index (χ1) is 6.86. The zero-order chi connectivity index (χ0) is 10.2. The van der Waals surface area contributed by atoms with Crippen LogP contribution >= 0.6 is 0 Å². The van der Waals surface area contributed by atoms with E-state index in [1.54, 1.807) is 5.57 Å². The lowest BCUT2D eigenvalue weighted by Crippen LogP contribution is -2.02. The van der Waals surface area contributed by atoms with Crippen molar-refractivity contribution >= 4 is 0 Å². The van der Waals surface area contributed by atoms with E-state index in [4.69, 9.17) is 4.74 Å². The highest BCUT2D eigenvalue weighted by atomic mass is 16.5. The molecule has 0 unspecified atom stereocenters. The van der Waals surface area contributed by atoms with Crippen LogP contribution in [0.1, 0.15) is 46.0 Å². The van der Waals surface area contributed by atoms with Crippen LogP contribution in [0.5, 0.6) is 0 Å². The van der Waals surface area contributed by atoms with Gasteiger partial charge in [0, 0.05) is 6.61 Å². The summed E-state index contributed by atoms with van der Waals surface area (Å²) in [5, 5.41) is 0. The Morgan fingerprint density at radius 2 is 1.86 bits per heavy atom. The van der Waals surface area contributed by atoms with Crippen LogP contribution in [0.2, 0.25) is 0 Å². The van der Waals surface area contributed by atoms with Gasteiger partial charge in [-0.2, -0.15) is 0 Å². The molecule has 0 saturated heterocycles. The molecule has 0 spiro atoms. The summed E-state index contributed by atoms with van der Waals surface area (Å²) < 4.78 is 5.58. The van der Waals surface area contributed by atoms with Gasteiger partial charge in [-0.1, -0.05) is 38.0 Å². The molecule has 0 aromatic carbocycles. The molecule has 1 rings (SSSR count). The molecule has 0 saturated carbocycles. The molecule has 0 fully saturated rings. The van der Waals surface area contributed by atoms with Crippen LogP contribution in [0.4, 0.5) is 0 Å². The number of allylic oxidation sites excluding steroid dienone is 3. The molecule has 0 heterocycles. The Labute approximate surface area is 87.8 Å². The first kappa shape index (κ1) is 11.5. The van der Waals surface area contributed by atoms with E-state index in [1.165, 1.54) is 37.7 Å². The third-order valence-corrected chi connectivity index (χ3v) is 2.71. The Bertz CT molecular complexity index is 213. The highest BCUT2D eigenvalue weighted by Gasteiger charge is 2.04. The van der Waals surface area contributed by atoms with Crippen LogP contribution < -0.4 is 0 Å². The smallest absolute Gasteiger partial charge is 0.0679 e. The van der Waals surface area contributed by atoms with Crippen molar-refractivity contribution in [2.24, 2.45) is 0 Å². The highest BCUT2D eigenvalue weighted by Crippen LogP contribution is 2.20. The fourth-order valence-electron chi connectivity index (χ4n) is 1.59. The zero-order valence-electron chi connectivity index (χ0n) is 9.51. The lowest BCUT2D eigenvalue weighted by atomic mass is 9.97. The number of ether oxygens (including phenoxy) is 1. The third kappa shape index (κ3) is 4.10. The van der Waals surface area contributed by atoms with Crippen LogP contribution in [-0.2, 0) is 4.74 Å². The summed E-state index contributed by atoms with van der Waals surface area (Å²) in [6, 6.07) is 0. The van der Waals surface area contributed by atoms with E-state index in [9.17, 15) is 0 Å². The van der Waals surface area contributed by atoms with Crippen LogP contribution in [0.3, 0.4) is 0 Å². The lowest BCUT2D eigenvalue weighted by molar-refractivity contribution is 0.150. The van der Waals surface area contributed by atoms with E-state index >= 15 is 0 Å². The summed E-state index contributed by atoms with van der Waals surface area (Å²) in [4.78, 5) is 0. The molecule has 1 heteroatoms. The Hall–Kier alpha value is -0.560. The van der Waals surface area contributed by atoms with E-state index in [-0.39, 0.29) is 0 Å². The number of rotatable bonds is 6. The Kier molecular flexibility index (Phi) is 5.62. The van der Waals surface area contributed by atoms with Crippen molar-refractivity contribution < 1.29 is 4.74 Å². The van der Waals surface area contributed by atoms with Crippen molar-refractivity contribution in [1.29, 1.82) is 0 Å². The molecule has 0 atom stereocenters. The molecule has 0 N–H and O–H groups in total. The van der Waals surface area contributed by atoms with E-state index in [1.807, 2.05) is 0 Å². The van der Waals surface area contributed by atoms with Crippen molar-refractivity contribution in [3.63, 3.8) is 0 Å². The summed E-state index contributed by atoms with van der Waals surface area (Å²) in [5.74, 6) is 0. The van der Waals surface area contributed by atoms with Gasteiger partial charge in [-0.15, -0.1) is 0 Å². The van der Waals surface area contributed by atoms with Crippen LogP contribution in [-0.4, -0.2) is 13.2 Å². The number of hydrogen-bond acceptors (Lipinski definition) is 1. The molecular weight excluding hydrogens is 172 g/mol. The Morgan fingerprint density at radius 3 is 2.43 bits per heavy atom. The van der Waals surface area contributed by atoms with Crippen molar-refractivity contribution in [3.8, 4) is 0 Å². The van der Waals surface area contributed by atoms with Gasteiger partial charge in [-0.05, 0) is 31.3 Å². The normalized spacial score (nSPS) is 16.4.